The van der Waals surface area contributed by atoms with Crippen LogP contribution in [0.4, 0.5) is 0 Å². The Balaban J connectivity index is 2.01. The molecule has 0 bridgehead atoms. The third-order valence-electron chi connectivity index (χ3n) is 2.69. The van der Waals surface area contributed by atoms with E-state index < -0.39 is 0 Å². The number of hydrogen-bond donors (Lipinski definition) is 1. The molecule has 0 fully saturated rings. The van der Waals surface area contributed by atoms with Crippen LogP contribution in [0, 0.1) is 0 Å². The van der Waals surface area contributed by atoms with Crippen LogP contribution < -0.4 is 5.32 Å². The van der Waals surface area contributed by atoms with E-state index in [1.54, 1.807) is 11.3 Å². The first-order chi connectivity index (χ1) is 9.33. The predicted octanol–water partition coefficient (Wildman–Crippen LogP) is 4.42. The standard InChI is InChI=1S/C15H20N2S2/c1-3-9-16-10-14-11-17-15(19-14)12-5-7-13(8-6-12)18-4-2/h5-8,11,16H,3-4,9-10H2,1-2H3. The molecule has 0 aliphatic heterocycles. The number of aromatic nitrogens is 1. The lowest BCUT2D eigenvalue weighted by molar-refractivity contribution is 0.681. The fraction of sp³-hybridized carbons (Fsp3) is 0.400. The van der Waals surface area contributed by atoms with Gasteiger partial charge >= 0.3 is 0 Å². The highest BCUT2D eigenvalue weighted by molar-refractivity contribution is 7.99. The van der Waals surface area contributed by atoms with Crippen LogP contribution in [0.5, 0.6) is 0 Å². The Morgan fingerprint density at radius 3 is 2.68 bits per heavy atom. The maximum absolute atomic E-state index is 4.51. The lowest BCUT2D eigenvalue weighted by Crippen LogP contribution is -2.12. The third kappa shape index (κ3) is 4.34. The maximum atomic E-state index is 4.51. The number of benzene rings is 1. The smallest absolute Gasteiger partial charge is 0.123 e. The molecule has 1 aromatic heterocycles. The molecule has 0 saturated carbocycles. The summed E-state index contributed by atoms with van der Waals surface area (Å²) >= 11 is 3.65. The zero-order valence-corrected chi connectivity index (χ0v) is 13.1. The molecule has 102 valence electrons. The summed E-state index contributed by atoms with van der Waals surface area (Å²) in [6.07, 6.45) is 3.15. The predicted molar refractivity (Wildman–Crippen MR) is 85.9 cm³/mol. The zero-order chi connectivity index (χ0) is 13.5. The molecule has 0 radical (unpaired) electrons. The molecule has 2 aromatic rings. The van der Waals surface area contributed by atoms with E-state index in [1.165, 1.54) is 21.8 Å². The molecular formula is C15H20N2S2. The number of thioether (sulfide) groups is 1. The fourth-order valence-corrected chi connectivity index (χ4v) is 3.32. The second-order valence-corrected chi connectivity index (χ2v) is 6.72. The van der Waals surface area contributed by atoms with Gasteiger partial charge in [-0.25, -0.2) is 4.98 Å². The normalized spacial score (nSPS) is 10.8. The van der Waals surface area contributed by atoms with E-state index in [-0.39, 0.29) is 0 Å². The van der Waals surface area contributed by atoms with Gasteiger partial charge in [0, 0.05) is 28.1 Å². The summed E-state index contributed by atoms with van der Waals surface area (Å²) in [5.74, 6) is 1.11. The van der Waals surface area contributed by atoms with Crippen molar-refractivity contribution in [3.8, 4) is 10.6 Å². The Morgan fingerprint density at radius 1 is 1.21 bits per heavy atom. The summed E-state index contributed by atoms with van der Waals surface area (Å²) in [5.41, 5.74) is 1.21. The van der Waals surface area contributed by atoms with Crippen LogP contribution >= 0.6 is 23.1 Å². The summed E-state index contributed by atoms with van der Waals surface area (Å²) in [4.78, 5) is 7.14. The number of nitrogens with one attached hydrogen (secondary N) is 1. The van der Waals surface area contributed by atoms with Crippen molar-refractivity contribution in [1.82, 2.24) is 10.3 Å². The number of nitrogens with zero attached hydrogens (tertiary/aromatic N) is 1. The highest BCUT2D eigenvalue weighted by Crippen LogP contribution is 2.27. The molecule has 1 aromatic carbocycles. The molecule has 0 unspecified atom stereocenters. The number of hydrogen-bond acceptors (Lipinski definition) is 4. The van der Waals surface area contributed by atoms with E-state index in [9.17, 15) is 0 Å². The van der Waals surface area contributed by atoms with Crippen LogP contribution in [0.1, 0.15) is 25.1 Å². The lowest BCUT2D eigenvalue weighted by atomic mass is 10.2. The summed E-state index contributed by atoms with van der Waals surface area (Å²) in [6, 6.07) is 8.69. The molecule has 19 heavy (non-hydrogen) atoms. The van der Waals surface area contributed by atoms with Crippen molar-refractivity contribution in [2.75, 3.05) is 12.3 Å². The highest BCUT2D eigenvalue weighted by Gasteiger charge is 2.04. The maximum Gasteiger partial charge on any atom is 0.123 e. The second kappa shape index (κ2) is 7.68. The second-order valence-electron chi connectivity index (χ2n) is 4.27. The Kier molecular flexibility index (Phi) is 5.89. The van der Waals surface area contributed by atoms with Crippen LogP contribution in [0.25, 0.3) is 10.6 Å². The minimum atomic E-state index is 0.926. The molecular weight excluding hydrogens is 272 g/mol. The Bertz CT molecular complexity index is 491. The van der Waals surface area contributed by atoms with Gasteiger partial charge in [0.25, 0.3) is 0 Å². The van der Waals surface area contributed by atoms with Crippen LogP contribution in [0.15, 0.2) is 35.4 Å². The van der Waals surface area contributed by atoms with E-state index in [2.05, 4.69) is 48.4 Å². The van der Waals surface area contributed by atoms with Gasteiger partial charge in [0.2, 0.25) is 0 Å². The van der Waals surface area contributed by atoms with Crippen LogP contribution in [-0.2, 0) is 6.54 Å². The third-order valence-corrected chi connectivity index (χ3v) is 4.63. The molecule has 0 spiro atoms. The summed E-state index contributed by atoms with van der Waals surface area (Å²) < 4.78 is 0. The van der Waals surface area contributed by atoms with Gasteiger partial charge in [-0.3, -0.25) is 0 Å². The van der Waals surface area contributed by atoms with Crippen LogP contribution in [0.2, 0.25) is 0 Å². The van der Waals surface area contributed by atoms with Crippen molar-refractivity contribution in [2.24, 2.45) is 0 Å². The van der Waals surface area contributed by atoms with Crippen molar-refractivity contribution in [1.29, 1.82) is 0 Å². The highest BCUT2D eigenvalue weighted by atomic mass is 32.2. The minimum Gasteiger partial charge on any atom is -0.312 e. The minimum absolute atomic E-state index is 0.926. The Morgan fingerprint density at radius 2 is 2.00 bits per heavy atom. The molecule has 0 aliphatic rings. The van der Waals surface area contributed by atoms with Gasteiger partial charge in [-0.05, 0) is 30.9 Å². The lowest BCUT2D eigenvalue weighted by Gasteiger charge is -2.00. The average Bonchev–Trinajstić information content (AvgIpc) is 2.89. The van der Waals surface area contributed by atoms with Gasteiger partial charge in [-0.15, -0.1) is 23.1 Å². The van der Waals surface area contributed by atoms with E-state index >= 15 is 0 Å². The van der Waals surface area contributed by atoms with E-state index in [0.717, 1.165) is 23.8 Å². The van der Waals surface area contributed by atoms with Crippen molar-refractivity contribution in [3.63, 3.8) is 0 Å². The summed E-state index contributed by atoms with van der Waals surface area (Å²) in [5, 5.41) is 4.52. The van der Waals surface area contributed by atoms with Crippen molar-refractivity contribution >= 4 is 23.1 Å². The molecule has 0 amide bonds. The van der Waals surface area contributed by atoms with Gasteiger partial charge in [0.15, 0.2) is 0 Å². The molecule has 2 nitrogen and oxygen atoms in total. The molecule has 0 aliphatic carbocycles. The summed E-state index contributed by atoms with van der Waals surface area (Å²) in [6.45, 7) is 6.35. The van der Waals surface area contributed by atoms with Gasteiger partial charge in [0.1, 0.15) is 5.01 Å². The van der Waals surface area contributed by atoms with Crippen molar-refractivity contribution in [2.45, 2.75) is 31.7 Å². The Hall–Kier alpha value is -0.840. The largest absolute Gasteiger partial charge is 0.312 e. The van der Waals surface area contributed by atoms with Gasteiger partial charge in [-0.2, -0.15) is 0 Å². The number of rotatable bonds is 7. The van der Waals surface area contributed by atoms with Crippen LogP contribution in [0.3, 0.4) is 0 Å². The number of thiazole rings is 1. The van der Waals surface area contributed by atoms with E-state index in [1.807, 2.05) is 18.0 Å². The topological polar surface area (TPSA) is 24.9 Å². The first kappa shape index (κ1) is 14.6. The fourth-order valence-electron chi connectivity index (χ4n) is 1.77. The molecule has 0 saturated heterocycles. The van der Waals surface area contributed by atoms with Gasteiger partial charge < -0.3 is 5.32 Å². The summed E-state index contributed by atoms with van der Waals surface area (Å²) in [7, 11) is 0. The van der Waals surface area contributed by atoms with E-state index in [4.69, 9.17) is 0 Å². The van der Waals surface area contributed by atoms with Gasteiger partial charge in [-0.1, -0.05) is 26.0 Å². The molecule has 1 N–H and O–H groups in total. The zero-order valence-electron chi connectivity index (χ0n) is 11.5. The average molecular weight is 292 g/mol. The van der Waals surface area contributed by atoms with E-state index in [0.29, 0.717) is 0 Å². The monoisotopic (exact) mass is 292 g/mol. The van der Waals surface area contributed by atoms with Crippen LogP contribution in [-0.4, -0.2) is 17.3 Å². The molecule has 1 heterocycles. The van der Waals surface area contributed by atoms with Crippen molar-refractivity contribution in [3.05, 3.63) is 35.3 Å². The van der Waals surface area contributed by atoms with Gasteiger partial charge in [0.05, 0.1) is 0 Å². The molecule has 2 rings (SSSR count). The van der Waals surface area contributed by atoms with Crippen molar-refractivity contribution < 1.29 is 0 Å². The molecule has 4 heteroatoms. The first-order valence-corrected chi connectivity index (χ1v) is 8.52. The first-order valence-electron chi connectivity index (χ1n) is 6.72. The SMILES string of the molecule is CCCNCc1cnc(-c2ccc(SCC)cc2)s1. The Labute approximate surface area is 123 Å². The quantitative estimate of drug-likeness (QED) is 0.604. The molecule has 0 atom stereocenters.